The number of morpholine rings is 1. The van der Waals surface area contributed by atoms with Crippen molar-refractivity contribution in [3.05, 3.63) is 22.8 Å². The van der Waals surface area contributed by atoms with Crippen LogP contribution in [0.15, 0.2) is 17.3 Å². The number of hydrogen-bond donors (Lipinski definition) is 1. The van der Waals surface area contributed by atoms with E-state index in [0.717, 1.165) is 57.8 Å². The summed E-state index contributed by atoms with van der Waals surface area (Å²) in [7, 11) is 1.72. The maximum absolute atomic E-state index is 12.7. The van der Waals surface area contributed by atoms with Crippen LogP contribution in [0.4, 0.5) is 13.2 Å². The summed E-state index contributed by atoms with van der Waals surface area (Å²) in [5.41, 5.74) is -0.905. The molecule has 0 aromatic carbocycles. The van der Waals surface area contributed by atoms with Gasteiger partial charge in [-0.3, -0.25) is 9.89 Å². The lowest BCUT2D eigenvalue weighted by Crippen LogP contribution is -2.47. The normalized spacial score (nSPS) is 21.5. The van der Waals surface area contributed by atoms with E-state index >= 15 is 0 Å². The molecule has 0 radical (unpaired) electrons. The van der Waals surface area contributed by atoms with Gasteiger partial charge in [0.25, 0.3) is 0 Å². The zero-order valence-electron chi connectivity index (χ0n) is 16.2. The van der Waals surface area contributed by atoms with Gasteiger partial charge >= 0.3 is 6.18 Å². The van der Waals surface area contributed by atoms with Crippen LogP contribution in [0.25, 0.3) is 0 Å². The molecule has 3 rings (SSSR count). The van der Waals surface area contributed by atoms with E-state index in [1.165, 1.54) is 0 Å². The number of likely N-dealkylation sites (tertiary alicyclic amines) is 1. The smallest absolute Gasteiger partial charge is 0.417 e. The summed E-state index contributed by atoms with van der Waals surface area (Å²) in [5, 5.41) is 3.05. The molecule has 1 aromatic heterocycles. The molecule has 3 heterocycles. The van der Waals surface area contributed by atoms with Crippen LogP contribution in [0.5, 0.6) is 5.88 Å². The van der Waals surface area contributed by atoms with Crippen molar-refractivity contribution < 1.29 is 22.6 Å². The molecule has 2 aliphatic rings. The van der Waals surface area contributed by atoms with Gasteiger partial charge < -0.3 is 19.7 Å². The van der Waals surface area contributed by atoms with Gasteiger partial charge in [-0.05, 0) is 12.5 Å². The minimum atomic E-state index is -4.49. The molecule has 2 saturated heterocycles. The number of alkyl halides is 3. The summed E-state index contributed by atoms with van der Waals surface area (Å²) in [6, 6.07) is 1.30. The first-order chi connectivity index (χ1) is 13.9. The van der Waals surface area contributed by atoms with E-state index in [1.807, 2.05) is 0 Å². The van der Waals surface area contributed by atoms with Crippen molar-refractivity contribution in [1.29, 1.82) is 0 Å². The third-order valence-corrected chi connectivity index (χ3v) is 5.27. The Hall–Kier alpha value is -1.78. The molecule has 7 nitrogen and oxygen atoms in total. The number of guanidine groups is 1. The van der Waals surface area contributed by atoms with Gasteiger partial charge in [-0.2, -0.15) is 13.2 Å². The Balaban J connectivity index is 1.44. The summed E-state index contributed by atoms with van der Waals surface area (Å²) in [6.07, 6.45) is -2.70. The Morgan fingerprint density at radius 1 is 1.38 bits per heavy atom. The molecular formula is C18H25ClF3N5O2. The number of hydrogen-bond acceptors (Lipinski definition) is 5. The first kappa shape index (κ1) is 21.9. The van der Waals surface area contributed by atoms with Crippen LogP contribution in [0.2, 0.25) is 5.02 Å². The van der Waals surface area contributed by atoms with Crippen molar-refractivity contribution in [3.63, 3.8) is 0 Å². The number of nitrogens with zero attached hydrogens (tertiary/aromatic N) is 4. The molecule has 0 bridgehead atoms. The Bertz CT molecular complexity index is 713. The Morgan fingerprint density at radius 3 is 2.79 bits per heavy atom. The minimum absolute atomic E-state index is 0.0231. The first-order valence-electron chi connectivity index (χ1n) is 9.51. The number of ether oxygens (including phenoxy) is 2. The topological polar surface area (TPSA) is 62.2 Å². The van der Waals surface area contributed by atoms with Gasteiger partial charge in [0.2, 0.25) is 5.88 Å². The highest BCUT2D eigenvalue weighted by molar-refractivity contribution is 6.31. The number of aliphatic imine (C=N–C) groups is 1. The predicted octanol–water partition coefficient (Wildman–Crippen LogP) is 2.11. The molecule has 1 atom stereocenters. The fourth-order valence-electron chi connectivity index (χ4n) is 3.50. The van der Waals surface area contributed by atoms with Crippen LogP contribution in [-0.4, -0.2) is 86.4 Å². The van der Waals surface area contributed by atoms with E-state index in [-0.39, 0.29) is 17.5 Å². The van der Waals surface area contributed by atoms with Crippen LogP contribution >= 0.6 is 11.6 Å². The highest BCUT2D eigenvalue weighted by atomic mass is 35.5. The standard InChI is InChI=1S/C18H25ClF3N5O2/c1-23-17(27-4-2-14(12-27)26-5-8-28-9-6-26)24-3-7-29-16-15(19)10-13(11-25-16)18(20,21)22/h10-11,14H,2-9,12H2,1H3,(H,23,24). The second-order valence-electron chi connectivity index (χ2n) is 6.87. The Kier molecular flexibility index (Phi) is 7.42. The summed E-state index contributed by atoms with van der Waals surface area (Å²) >= 11 is 5.84. The summed E-state index contributed by atoms with van der Waals surface area (Å²) in [6.45, 7) is 5.89. The molecule has 11 heteroatoms. The fourth-order valence-corrected chi connectivity index (χ4v) is 3.73. The van der Waals surface area contributed by atoms with Crippen LogP contribution in [0.1, 0.15) is 12.0 Å². The number of aromatic nitrogens is 1. The lowest BCUT2D eigenvalue weighted by molar-refractivity contribution is -0.137. The number of rotatable bonds is 5. The van der Waals surface area contributed by atoms with Crippen molar-refractivity contribution in [2.75, 3.05) is 59.6 Å². The number of halogens is 4. The van der Waals surface area contributed by atoms with E-state index in [2.05, 4.69) is 25.1 Å². The summed E-state index contributed by atoms with van der Waals surface area (Å²) < 4.78 is 48.8. The molecule has 0 amide bonds. The Morgan fingerprint density at radius 2 is 2.14 bits per heavy atom. The van der Waals surface area contributed by atoms with Gasteiger partial charge in [0.1, 0.15) is 11.6 Å². The molecule has 0 saturated carbocycles. The largest absolute Gasteiger partial charge is 0.475 e. The van der Waals surface area contributed by atoms with E-state index in [0.29, 0.717) is 18.8 Å². The van der Waals surface area contributed by atoms with Gasteiger partial charge in [-0.1, -0.05) is 11.6 Å². The molecule has 1 aromatic rings. The predicted molar refractivity (Wildman–Crippen MR) is 103 cm³/mol. The zero-order valence-corrected chi connectivity index (χ0v) is 17.0. The maximum atomic E-state index is 12.7. The van der Waals surface area contributed by atoms with Crippen molar-refractivity contribution in [1.82, 2.24) is 20.1 Å². The quantitative estimate of drug-likeness (QED) is 0.434. The molecule has 2 fully saturated rings. The third-order valence-electron chi connectivity index (χ3n) is 5.00. The Labute approximate surface area is 172 Å². The molecule has 1 N–H and O–H groups in total. The van der Waals surface area contributed by atoms with E-state index in [1.54, 1.807) is 7.05 Å². The lowest BCUT2D eigenvalue weighted by Gasteiger charge is -2.32. The SMILES string of the molecule is CN=C(NCCOc1ncc(C(F)(F)F)cc1Cl)N1CCC(N2CCOCC2)C1. The zero-order chi connectivity index (χ0) is 20.9. The van der Waals surface area contributed by atoms with Gasteiger partial charge in [-0.15, -0.1) is 0 Å². The van der Waals surface area contributed by atoms with E-state index in [9.17, 15) is 13.2 Å². The third kappa shape index (κ3) is 5.86. The van der Waals surface area contributed by atoms with Gasteiger partial charge in [0.05, 0.1) is 25.3 Å². The van der Waals surface area contributed by atoms with E-state index < -0.39 is 11.7 Å². The minimum Gasteiger partial charge on any atom is -0.475 e. The summed E-state index contributed by atoms with van der Waals surface area (Å²) in [5.74, 6) is 0.751. The van der Waals surface area contributed by atoms with Crippen molar-refractivity contribution in [3.8, 4) is 5.88 Å². The molecule has 29 heavy (non-hydrogen) atoms. The van der Waals surface area contributed by atoms with Crippen molar-refractivity contribution in [2.24, 2.45) is 4.99 Å². The molecule has 2 aliphatic heterocycles. The van der Waals surface area contributed by atoms with Crippen molar-refractivity contribution >= 4 is 17.6 Å². The lowest BCUT2D eigenvalue weighted by atomic mass is 10.2. The molecule has 0 spiro atoms. The molecular weight excluding hydrogens is 411 g/mol. The highest BCUT2D eigenvalue weighted by Crippen LogP contribution is 2.33. The second-order valence-corrected chi connectivity index (χ2v) is 7.28. The highest BCUT2D eigenvalue weighted by Gasteiger charge is 2.32. The molecule has 162 valence electrons. The van der Waals surface area contributed by atoms with Crippen molar-refractivity contribution in [2.45, 2.75) is 18.6 Å². The average Bonchev–Trinajstić information content (AvgIpc) is 3.19. The fraction of sp³-hybridized carbons (Fsp3) is 0.667. The van der Waals surface area contributed by atoms with Crippen LogP contribution in [-0.2, 0) is 10.9 Å². The first-order valence-corrected chi connectivity index (χ1v) is 9.89. The van der Waals surface area contributed by atoms with Crippen LogP contribution < -0.4 is 10.1 Å². The number of nitrogens with one attached hydrogen (secondary N) is 1. The molecule has 0 aliphatic carbocycles. The van der Waals surface area contributed by atoms with Gasteiger partial charge in [-0.25, -0.2) is 4.98 Å². The monoisotopic (exact) mass is 435 g/mol. The number of pyridine rings is 1. The van der Waals surface area contributed by atoms with Gasteiger partial charge in [0.15, 0.2) is 5.96 Å². The average molecular weight is 436 g/mol. The summed E-state index contributed by atoms with van der Waals surface area (Å²) in [4.78, 5) is 12.6. The second kappa shape index (κ2) is 9.82. The molecule has 1 unspecified atom stereocenters. The van der Waals surface area contributed by atoms with Gasteiger partial charge in [0, 0.05) is 45.5 Å². The van der Waals surface area contributed by atoms with E-state index in [4.69, 9.17) is 21.1 Å². The van der Waals surface area contributed by atoms with Crippen LogP contribution in [0, 0.1) is 0 Å². The van der Waals surface area contributed by atoms with Crippen LogP contribution in [0.3, 0.4) is 0 Å². The maximum Gasteiger partial charge on any atom is 0.417 e.